The minimum atomic E-state index is -1.15. The van der Waals surface area contributed by atoms with Gasteiger partial charge in [0.05, 0.1) is 10.5 Å². The van der Waals surface area contributed by atoms with Crippen LogP contribution in [-0.2, 0) is 0 Å². The molecule has 1 aliphatic rings. The Morgan fingerprint density at radius 1 is 1.43 bits per heavy atom. The van der Waals surface area contributed by atoms with Gasteiger partial charge in [0.1, 0.15) is 5.69 Å². The van der Waals surface area contributed by atoms with Crippen LogP contribution in [-0.4, -0.2) is 29.1 Å². The number of carboxylic acid groups (broad SMARTS) is 1. The molecule has 0 radical (unpaired) electrons. The second-order valence-corrected chi connectivity index (χ2v) is 5.46. The zero-order valence-electron chi connectivity index (χ0n) is 12.1. The van der Waals surface area contributed by atoms with Crippen molar-refractivity contribution in [2.75, 3.05) is 18.0 Å². The summed E-state index contributed by atoms with van der Waals surface area (Å²) >= 11 is 0. The van der Waals surface area contributed by atoms with E-state index in [0.717, 1.165) is 44.8 Å². The normalized spacial score (nSPS) is 19.1. The standard InChI is InChI=1S/C15H20N2O4/c1-2-11-4-3-8-16(9-7-11)13-6-5-12(15(18)19)10-14(13)17(20)21/h5-6,10-11H,2-4,7-9H2,1H3,(H,18,19). The molecule has 1 fully saturated rings. The first-order valence-corrected chi connectivity index (χ1v) is 7.29. The van der Waals surface area contributed by atoms with Crippen LogP contribution in [0.2, 0.25) is 0 Å². The Balaban J connectivity index is 2.30. The lowest BCUT2D eigenvalue weighted by atomic mass is 9.98. The van der Waals surface area contributed by atoms with Crippen molar-refractivity contribution in [1.29, 1.82) is 0 Å². The highest BCUT2D eigenvalue weighted by Crippen LogP contribution is 2.32. The van der Waals surface area contributed by atoms with Gasteiger partial charge in [0.15, 0.2) is 0 Å². The molecule has 0 bridgehead atoms. The predicted octanol–water partition coefficient (Wildman–Crippen LogP) is 3.31. The fraction of sp³-hybridized carbons (Fsp3) is 0.533. The van der Waals surface area contributed by atoms with Gasteiger partial charge < -0.3 is 10.0 Å². The van der Waals surface area contributed by atoms with E-state index in [1.54, 1.807) is 6.07 Å². The van der Waals surface area contributed by atoms with Crippen molar-refractivity contribution in [3.63, 3.8) is 0 Å². The van der Waals surface area contributed by atoms with E-state index in [1.807, 2.05) is 4.90 Å². The fourth-order valence-electron chi connectivity index (χ4n) is 2.88. The number of carboxylic acids is 1. The largest absolute Gasteiger partial charge is 0.478 e. The Morgan fingerprint density at radius 2 is 2.19 bits per heavy atom. The van der Waals surface area contributed by atoms with Crippen LogP contribution in [0.25, 0.3) is 0 Å². The minimum absolute atomic E-state index is 0.0493. The van der Waals surface area contributed by atoms with Crippen LogP contribution in [0.4, 0.5) is 11.4 Å². The van der Waals surface area contributed by atoms with E-state index in [2.05, 4.69) is 6.92 Å². The topological polar surface area (TPSA) is 83.7 Å². The zero-order chi connectivity index (χ0) is 15.4. The van der Waals surface area contributed by atoms with Crippen LogP contribution in [0, 0.1) is 16.0 Å². The van der Waals surface area contributed by atoms with Crippen LogP contribution < -0.4 is 4.90 Å². The van der Waals surface area contributed by atoms with Gasteiger partial charge in [-0.3, -0.25) is 10.1 Å². The van der Waals surface area contributed by atoms with E-state index in [4.69, 9.17) is 5.11 Å². The van der Waals surface area contributed by atoms with Gasteiger partial charge in [-0.15, -0.1) is 0 Å². The van der Waals surface area contributed by atoms with Gasteiger partial charge in [0.2, 0.25) is 0 Å². The average Bonchev–Trinajstić information content (AvgIpc) is 2.71. The highest BCUT2D eigenvalue weighted by atomic mass is 16.6. The fourth-order valence-corrected chi connectivity index (χ4v) is 2.88. The first-order valence-electron chi connectivity index (χ1n) is 7.29. The summed E-state index contributed by atoms with van der Waals surface area (Å²) in [5.74, 6) is -0.473. The molecule has 1 aromatic rings. The summed E-state index contributed by atoms with van der Waals surface area (Å²) in [5.41, 5.74) is 0.360. The highest BCUT2D eigenvalue weighted by Gasteiger charge is 2.24. The number of hydrogen-bond acceptors (Lipinski definition) is 4. The number of nitrogens with zero attached hydrogens (tertiary/aromatic N) is 2. The summed E-state index contributed by atoms with van der Waals surface area (Å²) in [4.78, 5) is 23.7. The number of anilines is 1. The van der Waals surface area contributed by atoms with Gasteiger partial charge in [0, 0.05) is 19.2 Å². The van der Waals surface area contributed by atoms with Gasteiger partial charge in [-0.05, 0) is 37.3 Å². The third-order valence-electron chi connectivity index (χ3n) is 4.18. The van der Waals surface area contributed by atoms with E-state index in [1.165, 1.54) is 6.07 Å². The van der Waals surface area contributed by atoms with Crippen LogP contribution in [0.3, 0.4) is 0 Å². The molecule has 1 heterocycles. The summed E-state index contributed by atoms with van der Waals surface area (Å²) in [7, 11) is 0. The van der Waals surface area contributed by atoms with Crippen LogP contribution in [0.15, 0.2) is 18.2 Å². The second kappa shape index (κ2) is 6.56. The molecule has 1 aliphatic heterocycles. The van der Waals surface area contributed by atoms with Gasteiger partial charge >= 0.3 is 5.97 Å². The summed E-state index contributed by atoms with van der Waals surface area (Å²) in [5, 5.41) is 20.2. The van der Waals surface area contributed by atoms with Gasteiger partial charge in [-0.25, -0.2) is 4.79 Å². The smallest absolute Gasteiger partial charge is 0.335 e. The second-order valence-electron chi connectivity index (χ2n) is 5.46. The van der Waals surface area contributed by atoms with Crippen molar-refractivity contribution in [2.45, 2.75) is 32.6 Å². The lowest BCUT2D eigenvalue weighted by molar-refractivity contribution is -0.384. The Morgan fingerprint density at radius 3 is 2.81 bits per heavy atom. The number of benzene rings is 1. The lowest BCUT2D eigenvalue weighted by Crippen LogP contribution is -2.25. The molecule has 0 aliphatic carbocycles. The summed E-state index contributed by atoms with van der Waals surface area (Å²) in [6, 6.07) is 4.15. The third kappa shape index (κ3) is 3.51. The molecular formula is C15H20N2O4. The maximum Gasteiger partial charge on any atom is 0.335 e. The number of carbonyl (C=O) groups is 1. The Hall–Kier alpha value is -2.11. The quantitative estimate of drug-likeness (QED) is 0.680. The van der Waals surface area contributed by atoms with E-state index >= 15 is 0 Å². The maximum atomic E-state index is 11.2. The molecule has 2 rings (SSSR count). The molecule has 21 heavy (non-hydrogen) atoms. The highest BCUT2D eigenvalue weighted by molar-refractivity contribution is 5.89. The molecule has 1 N–H and O–H groups in total. The van der Waals surface area contributed by atoms with Gasteiger partial charge in [0.25, 0.3) is 5.69 Å². The van der Waals surface area contributed by atoms with Crippen LogP contribution >= 0.6 is 0 Å². The van der Waals surface area contributed by atoms with E-state index in [9.17, 15) is 14.9 Å². The molecule has 0 amide bonds. The number of rotatable bonds is 4. The van der Waals surface area contributed by atoms with E-state index in [-0.39, 0.29) is 11.3 Å². The van der Waals surface area contributed by atoms with Crippen molar-refractivity contribution in [3.8, 4) is 0 Å². The summed E-state index contributed by atoms with van der Waals surface area (Å²) < 4.78 is 0. The maximum absolute atomic E-state index is 11.2. The first-order chi connectivity index (χ1) is 10.0. The lowest BCUT2D eigenvalue weighted by Gasteiger charge is -2.22. The van der Waals surface area contributed by atoms with Gasteiger partial charge in [-0.1, -0.05) is 13.3 Å². The Kier molecular flexibility index (Phi) is 4.77. The third-order valence-corrected chi connectivity index (χ3v) is 4.18. The molecule has 0 saturated carbocycles. The molecule has 1 aromatic carbocycles. The molecule has 1 unspecified atom stereocenters. The summed E-state index contributed by atoms with van der Waals surface area (Å²) in [6.45, 7) is 3.74. The SMILES string of the molecule is CCC1CCCN(c2ccc(C(=O)O)cc2[N+](=O)[O-])CC1. The van der Waals surface area contributed by atoms with E-state index in [0.29, 0.717) is 11.6 Å². The minimum Gasteiger partial charge on any atom is -0.478 e. The number of nitro groups is 1. The summed E-state index contributed by atoms with van der Waals surface area (Å²) in [6.07, 6.45) is 4.31. The van der Waals surface area contributed by atoms with Crippen LogP contribution in [0.1, 0.15) is 43.0 Å². The monoisotopic (exact) mass is 292 g/mol. The predicted molar refractivity (Wildman–Crippen MR) is 79.9 cm³/mol. The first kappa shape index (κ1) is 15.3. The molecule has 1 atom stereocenters. The van der Waals surface area contributed by atoms with Crippen LogP contribution in [0.5, 0.6) is 0 Å². The number of nitro benzene ring substituents is 1. The molecule has 1 saturated heterocycles. The van der Waals surface area contributed by atoms with Crippen molar-refractivity contribution in [1.82, 2.24) is 0 Å². The molecule has 6 nitrogen and oxygen atoms in total. The molecule has 114 valence electrons. The average molecular weight is 292 g/mol. The van der Waals surface area contributed by atoms with Crippen molar-refractivity contribution < 1.29 is 14.8 Å². The zero-order valence-corrected chi connectivity index (χ0v) is 12.1. The Bertz CT molecular complexity index is 544. The van der Waals surface area contributed by atoms with E-state index < -0.39 is 10.9 Å². The van der Waals surface area contributed by atoms with Crippen molar-refractivity contribution >= 4 is 17.3 Å². The molecule has 0 aromatic heterocycles. The molecule has 6 heteroatoms. The number of hydrogen-bond donors (Lipinski definition) is 1. The Labute approximate surface area is 123 Å². The number of aromatic carboxylic acids is 1. The van der Waals surface area contributed by atoms with Gasteiger partial charge in [-0.2, -0.15) is 0 Å². The molecular weight excluding hydrogens is 272 g/mol. The van der Waals surface area contributed by atoms with Crippen molar-refractivity contribution in [2.24, 2.45) is 5.92 Å². The van der Waals surface area contributed by atoms with Crippen molar-refractivity contribution in [3.05, 3.63) is 33.9 Å². The molecule has 0 spiro atoms.